The summed E-state index contributed by atoms with van der Waals surface area (Å²) in [5.41, 5.74) is 9.40. The number of benzene rings is 3. The molecule has 0 saturated heterocycles. The van der Waals surface area contributed by atoms with Crippen molar-refractivity contribution in [2.75, 3.05) is 0 Å². The van der Waals surface area contributed by atoms with Gasteiger partial charge in [0.25, 0.3) is 0 Å². The largest absolute Gasteiger partial charge is 0.507 e. The van der Waals surface area contributed by atoms with E-state index in [0.717, 1.165) is 55.7 Å². The molecule has 0 saturated carbocycles. The molecule has 0 atom stereocenters. The quantitative estimate of drug-likeness (QED) is 0.291. The van der Waals surface area contributed by atoms with E-state index in [4.69, 9.17) is 9.40 Å². The number of pyridine rings is 2. The highest BCUT2D eigenvalue weighted by atomic mass is 16.3. The van der Waals surface area contributed by atoms with Gasteiger partial charge in [0, 0.05) is 39.1 Å². The van der Waals surface area contributed by atoms with E-state index in [-0.39, 0.29) is 11.2 Å². The second-order valence-corrected chi connectivity index (χ2v) is 9.62. The number of hydrogen-bond donors (Lipinski definition) is 1. The Hall–Kier alpha value is -4.44. The number of furan rings is 1. The molecular formula is C31H22N2O2. The zero-order valence-electron chi connectivity index (χ0n) is 19.4. The van der Waals surface area contributed by atoms with Crippen molar-refractivity contribution < 1.29 is 9.52 Å². The molecule has 7 rings (SSSR count). The molecule has 0 radical (unpaired) electrons. The Morgan fingerprint density at radius 1 is 0.771 bits per heavy atom. The number of phenolic OH excluding ortho intramolecular Hbond substituents is 1. The standard InChI is InChI=1S/C31H22N2O2/c1-31(2)21-12-15-27-28(20-17-18(10-14-26(20)35-27)23-8-5-6-16-32-23)29(21)30-22(31)11-13-24(33-30)19-7-3-4-9-25(19)34/h3-17,34H,1-2H3. The predicted octanol–water partition coefficient (Wildman–Crippen LogP) is 7.72. The lowest BCUT2D eigenvalue weighted by Gasteiger charge is -2.21. The molecule has 0 fully saturated rings. The minimum atomic E-state index is -0.203. The second-order valence-electron chi connectivity index (χ2n) is 9.62. The van der Waals surface area contributed by atoms with Gasteiger partial charge in [-0.15, -0.1) is 0 Å². The number of para-hydroxylation sites is 1. The van der Waals surface area contributed by atoms with Crippen molar-refractivity contribution in [1.82, 2.24) is 9.97 Å². The first-order valence-electron chi connectivity index (χ1n) is 11.7. The van der Waals surface area contributed by atoms with Gasteiger partial charge in [-0.05, 0) is 65.7 Å². The molecule has 3 heterocycles. The van der Waals surface area contributed by atoms with Gasteiger partial charge in [0.15, 0.2) is 0 Å². The van der Waals surface area contributed by atoms with E-state index in [1.54, 1.807) is 6.07 Å². The minimum Gasteiger partial charge on any atom is -0.507 e. The first-order chi connectivity index (χ1) is 17.0. The number of hydrogen-bond acceptors (Lipinski definition) is 4. The molecule has 4 heteroatoms. The van der Waals surface area contributed by atoms with E-state index in [0.29, 0.717) is 0 Å². The molecule has 168 valence electrons. The Kier molecular flexibility index (Phi) is 4.01. The van der Waals surface area contributed by atoms with Gasteiger partial charge in [-0.1, -0.05) is 44.2 Å². The highest BCUT2D eigenvalue weighted by Crippen LogP contribution is 2.53. The predicted molar refractivity (Wildman–Crippen MR) is 139 cm³/mol. The summed E-state index contributed by atoms with van der Waals surface area (Å²) in [6.45, 7) is 4.48. The molecule has 3 aromatic heterocycles. The lowest BCUT2D eigenvalue weighted by Crippen LogP contribution is -2.15. The fraction of sp³-hybridized carbons (Fsp3) is 0.0968. The third-order valence-electron chi connectivity index (χ3n) is 7.26. The molecule has 6 aromatic rings. The smallest absolute Gasteiger partial charge is 0.136 e. The van der Waals surface area contributed by atoms with E-state index in [9.17, 15) is 5.11 Å². The zero-order chi connectivity index (χ0) is 23.7. The second kappa shape index (κ2) is 7.03. The molecule has 4 nitrogen and oxygen atoms in total. The summed E-state index contributed by atoms with van der Waals surface area (Å²) in [5, 5.41) is 12.6. The summed E-state index contributed by atoms with van der Waals surface area (Å²) in [4.78, 5) is 9.66. The topological polar surface area (TPSA) is 59.2 Å². The van der Waals surface area contributed by atoms with Gasteiger partial charge in [-0.3, -0.25) is 4.98 Å². The van der Waals surface area contributed by atoms with Crippen molar-refractivity contribution in [2.45, 2.75) is 19.3 Å². The number of fused-ring (bicyclic) bond motifs is 7. The van der Waals surface area contributed by atoms with Crippen molar-refractivity contribution in [3.63, 3.8) is 0 Å². The summed E-state index contributed by atoms with van der Waals surface area (Å²) >= 11 is 0. The van der Waals surface area contributed by atoms with Crippen LogP contribution in [0.3, 0.4) is 0 Å². The van der Waals surface area contributed by atoms with Gasteiger partial charge in [0.1, 0.15) is 16.9 Å². The molecule has 1 N–H and O–H groups in total. The molecule has 3 aromatic carbocycles. The van der Waals surface area contributed by atoms with E-state index < -0.39 is 0 Å². The summed E-state index contributed by atoms with van der Waals surface area (Å²) in [6.07, 6.45) is 1.81. The highest BCUT2D eigenvalue weighted by molar-refractivity contribution is 6.15. The number of rotatable bonds is 2. The zero-order valence-corrected chi connectivity index (χ0v) is 19.4. The molecule has 35 heavy (non-hydrogen) atoms. The maximum Gasteiger partial charge on any atom is 0.136 e. The Morgan fingerprint density at radius 3 is 2.40 bits per heavy atom. The van der Waals surface area contributed by atoms with Crippen LogP contribution < -0.4 is 0 Å². The molecule has 1 aliphatic rings. The molecule has 0 amide bonds. The third kappa shape index (κ3) is 2.80. The highest BCUT2D eigenvalue weighted by Gasteiger charge is 2.38. The van der Waals surface area contributed by atoms with Crippen molar-refractivity contribution in [3.8, 4) is 39.5 Å². The fourth-order valence-electron chi connectivity index (χ4n) is 5.47. The van der Waals surface area contributed by atoms with Gasteiger partial charge < -0.3 is 9.52 Å². The number of aromatic nitrogens is 2. The molecule has 1 aliphatic carbocycles. The number of aromatic hydroxyl groups is 1. The third-order valence-corrected chi connectivity index (χ3v) is 7.26. The number of nitrogens with zero attached hydrogens (tertiary/aromatic N) is 2. The molecule has 0 spiro atoms. The van der Waals surface area contributed by atoms with Crippen molar-refractivity contribution >= 4 is 21.9 Å². The lowest BCUT2D eigenvalue weighted by atomic mass is 9.82. The van der Waals surface area contributed by atoms with Crippen LogP contribution in [0.5, 0.6) is 5.75 Å². The first kappa shape index (κ1) is 20.0. The Morgan fingerprint density at radius 2 is 1.57 bits per heavy atom. The van der Waals surface area contributed by atoms with Crippen molar-refractivity contribution in [3.05, 3.63) is 102 Å². The van der Waals surface area contributed by atoms with Gasteiger partial charge in [-0.2, -0.15) is 0 Å². The van der Waals surface area contributed by atoms with Crippen LogP contribution >= 0.6 is 0 Å². The maximum absolute atomic E-state index is 10.5. The summed E-state index contributed by atoms with van der Waals surface area (Å²) < 4.78 is 6.30. The lowest BCUT2D eigenvalue weighted by molar-refractivity contribution is 0.477. The average molecular weight is 455 g/mol. The first-order valence-corrected chi connectivity index (χ1v) is 11.7. The molecular weight excluding hydrogens is 432 g/mol. The van der Waals surface area contributed by atoms with Crippen LogP contribution in [0.25, 0.3) is 55.7 Å². The van der Waals surface area contributed by atoms with Crippen LogP contribution in [0.2, 0.25) is 0 Å². The maximum atomic E-state index is 10.5. The van der Waals surface area contributed by atoms with Crippen molar-refractivity contribution in [2.24, 2.45) is 0 Å². The molecule has 0 aliphatic heterocycles. The molecule has 0 bridgehead atoms. The van der Waals surface area contributed by atoms with E-state index in [2.05, 4.69) is 49.2 Å². The summed E-state index contributed by atoms with van der Waals surface area (Å²) in [5.74, 6) is 0.226. The van der Waals surface area contributed by atoms with Crippen LogP contribution in [0.4, 0.5) is 0 Å². The van der Waals surface area contributed by atoms with Crippen LogP contribution in [0.1, 0.15) is 25.0 Å². The van der Waals surface area contributed by atoms with Crippen LogP contribution in [-0.4, -0.2) is 15.1 Å². The van der Waals surface area contributed by atoms with E-state index in [1.807, 2.05) is 54.7 Å². The van der Waals surface area contributed by atoms with Crippen LogP contribution in [-0.2, 0) is 5.41 Å². The normalized spacial score (nSPS) is 13.8. The van der Waals surface area contributed by atoms with E-state index in [1.165, 1.54) is 11.1 Å². The Balaban J connectivity index is 1.54. The summed E-state index contributed by atoms with van der Waals surface area (Å²) in [7, 11) is 0. The SMILES string of the molecule is CC1(C)c2ccc(-c3ccccc3O)nc2-c2c1ccc1oc3ccc(-c4ccccn4)cc3c21. The van der Waals surface area contributed by atoms with Gasteiger partial charge in [-0.25, -0.2) is 4.98 Å². The van der Waals surface area contributed by atoms with Crippen LogP contribution in [0.15, 0.2) is 95.5 Å². The summed E-state index contributed by atoms with van der Waals surface area (Å²) in [6, 6.07) is 27.9. The van der Waals surface area contributed by atoms with E-state index >= 15 is 0 Å². The van der Waals surface area contributed by atoms with Crippen LogP contribution in [0, 0.1) is 0 Å². The Labute approximate surface area is 202 Å². The van der Waals surface area contributed by atoms with Gasteiger partial charge >= 0.3 is 0 Å². The number of phenols is 1. The fourth-order valence-corrected chi connectivity index (χ4v) is 5.47. The monoisotopic (exact) mass is 454 g/mol. The van der Waals surface area contributed by atoms with Crippen molar-refractivity contribution in [1.29, 1.82) is 0 Å². The Bertz CT molecular complexity index is 1780. The average Bonchev–Trinajstić information content (AvgIpc) is 3.36. The minimum absolute atomic E-state index is 0.203. The molecule has 0 unspecified atom stereocenters. The van der Waals surface area contributed by atoms with Gasteiger partial charge in [0.2, 0.25) is 0 Å². The van der Waals surface area contributed by atoms with Gasteiger partial charge in [0.05, 0.1) is 17.1 Å².